The Labute approximate surface area is 91.3 Å². The van der Waals surface area contributed by atoms with Crippen molar-refractivity contribution in [3.63, 3.8) is 0 Å². The number of hydrogen-bond acceptors (Lipinski definition) is 1. The fourth-order valence-corrected chi connectivity index (χ4v) is 1.89. The Balaban J connectivity index is 2.74. The molecule has 0 aromatic heterocycles. The topological polar surface area (TPSA) is 26.0 Å². The Morgan fingerprint density at radius 1 is 1.43 bits per heavy atom. The summed E-state index contributed by atoms with van der Waals surface area (Å²) in [5, 5.41) is 0.800. The molecule has 1 nitrogen and oxygen atoms in total. The lowest BCUT2D eigenvalue weighted by atomic mass is 10.0. The van der Waals surface area contributed by atoms with E-state index in [1.807, 2.05) is 19.1 Å². The summed E-state index contributed by atoms with van der Waals surface area (Å²) in [4.78, 5) is 0. The first-order valence-electron chi connectivity index (χ1n) is 5.16. The summed E-state index contributed by atoms with van der Waals surface area (Å²) in [5.41, 5.74) is 8.30. The highest BCUT2D eigenvalue weighted by Gasteiger charge is 2.09. The highest BCUT2D eigenvalue weighted by Crippen LogP contribution is 2.25. The van der Waals surface area contributed by atoms with Gasteiger partial charge in [-0.3, -0.25) is 0 Å². The Morgan fingerprint density at radius 3 is 2.71 bits per heavy atom. The predicted molar refractivity (Wildman–Crippen MR) is 62.6 cm³/mol. The molecule has 0 fully saturated rings. The lowest BCUT2D eigenvalue weighted by molar-refractivity contribution is 0.603. The molecule has 0 amide bonds. The van der Waals surface area contributed by atoms with E-state index in [4.69, 9.17) is 17.3 Å². The van der Waals surface area contributed by atoms with Gasteiger partial charge >= 0.3 is 0 Å². The monoisotopic (exact) mass is 211 g/mol. The maximum absolute atomic E-state index is 6.12. The molecule has 0 radical (unpaired) electrons. The third-order valence-electron chi connectivity index (χ3n) is 2.42. The van der Waals surface area contributed by atoms with Crippen LogP contribution in [0.25, 0.3) is 0 Å². The van der Waals surface area contributed by atoms with E-state index in [0.29, 0.717) is 0 Å². The summed E-state index contributed by atoms with van der Waals surface area (Å²) in [6.07, 6.45) is 3.35. The van der Waals surface area contributed by atoms with Gasteiger partial charge in [-0.25, -0.2) is 0 Å². The van der Waals surface area contributed by atoms with Crippen LogP contribution in [0.2, 0.25) is 5.02 Å². The molecule has 0 heterocycles. The number of rotatable bonds is 4. The van der Waals surface area contributed by atoms with Crippen LogP contribution >= 0.6 is 11.6 Å². The minimum atomic E-state index is 0.0862. The van der Waals surface area contributed by atoms with Gasteiger partial charge in [0.15, 0.2) is 0 Å². The molecule has 0 saturated heterocycles. The Kier molecular flexibility index (Phi) is 4.43. The van der Waals surface area contributed by atoms with E-state index < -0.39 is 0 Å². The average molecular weight is 212 g/mol. The second kappa shape index (κ2) is 5.38. The molecule has 1 aromatic rings. The van der Waals surface area contributed by atoms with Gasteiger partial charge in [-0.1, -0.05) is 43.5 Å². The van der Waals surface area contributed by atoms with Crippen LogP contribution in [0, 0.1) is 6.92 Å². The van der Waals surface area contributed by atoms with Crippen molar-refractivity contribution in [2.75, 3.05) is 0 Å². The van der Waals surface area contributed by atoms with Gasteiger partial charge in [-0.05, 0) is 30.5 Å². The number of benzene rings is 1. The van der Waals surface area contributed by atoms with Crippen molar-refractivity contribution < 1.29 is 0 Å². The molecule has 78 valence electrons. The second-order valence-electron chi connectivity index (χ2n) is 3.77. The molecule has 1 atom stereocenters. The van der Waals surface area contributed by atoms with Gasteiger partial charge in [-0.2, -0.15) is 0 Å². The van der Waals surface area contributed by atoms with Crippen LogP contribution in [0.4, 0.5) is 0 Å². The van der Waals surface area contributed by atoms with Crippen molar-refractivity contribution >= 4 is 11.6 Å². The van der Waals surface area contributed by atoms with Crippen LogP contribution in [0.1, 0.15) is 43.4 Å². The summed E-state index contributed by atoms with van der Waals surface area (Å²) in [6.45, 7) is 4.21. The van der Waals surface area contributed by atoms with Gasteiger partial charge in [0.05, 0.1) is 0 Å². The van der Waals surface area contributed by atoms with E-state index in [1.54, 1.807) is 0 Å². The van der Waals surface area contributed by atoms with Crippen molar-refractivity contribution in [2.45, 2.75) is 39.2 Å². The summed E-state index contributed by atoms with van der Waals surface area (Å²) in [7, 11) is 0. The van der Waals surface area contributed by atoms with Crippen LogP contribution in [-0.4, -0.2) is 0 Å². The van der Waals surface area contributed by atoms with Crippen LogP contribution < -0.4 is 5.73 Å². The highest BCUT2D eigenvalue weighted by atomic mass is 35.5. The number of aryl methyl sites for hydroxylation is 1. The lowest BCUT2D eigenvalue weighted by Crippen LogP contribution is -2.10. The van der Waals surface area contributed by atoms with Crippen molar-refractivity contribution in [2.24, 2.45) is 5.73 Å². The number of hydrogen-bond donors (Lipinski definition) is 1. The van der Waals surface area contributed by atoms with Crippen molar-refractivity contribution in [3.8, 4) is 0 Å². The van der Waals surface area contributed by atoms with Crippen LogP contribution in [0.15, 0.2) is 18.2 Å². The smallest absolute Gasteiger partial charge is 0.0456 e. The number of unbranched alkanes of at least 4 members (excludes halogenated alkanes) is 1. The zero-order chi connectivity index (χ0) is 10.6. The molecule has 1 unspecified atom stereocenters. The first kappa shape index (κ1) is 11.5. The summed E-state index contributed by atoms with van der Waals surface area (Å²) >= 11 is 6.12. The summed E-state index contributed by atoms with van der Waals surface area (Å²) in [6, 6.07) is 6.16. The van der Waals surface area contributed by atoms with Crippen LogP contribution in [0.5, 0.6) is 0 Å². The van der Waals surface area contributed by atoms with Gasteiger partial charge in [0.2, 0.25) is 0 Å². The largest absolute Gasteiger partial charge is 0.324 e. The fraction of sp³-hybridized carbons (Fsp3) is 0.500. The predicted octanol–water partition coefficient (Wildman–Crippen LogP) is 3.84. The average Bonchev–Trinajstić information content (AvgIpc) is 2.14. The molecule has 0 bridgehead atoms. The van der Waals surface area contributed by atoms with Crippen LogP contribution in [-0.2, 0) is 0 Å². The molecule has 1 rings (SSSR count). The molecular formula is C12H18ClN. The lowest BCUT2D eigenvalue weighted by Gasteiger charge is -2.13. The Bertz CT molecular complexity index is 296. The van der Waals surface area contributed by atoms with Gasteiger partial charge in [0, 0.05) is 11.1 Å². The van der Waals surface area contributed by atoms with Crippen molar-refractivity contribution in [1.82, 2.24) is 0 Å². The minimum absolute atomic E-state index is 0.0862. The zero-order valence-electron chi connectivity index (χ0n) is 8.89. The minimum Gasteiger partial charge on any atom is -0.324 e. The van der Waals surface area contributed by atoms with E-state index in [-0.39, 0.29) is 6.04 Å². The van der Waals surface area contributed by atoms with Gasteiger partial charge in [-0.15, -0.1) is 0 Å². The SMILES string of the molecule is CCCCC(N)c1ccc(C)cc1Cl. The van der Waals surface area contributed by atoms with E-state index in [2.05, 4.69) is 13.0 Å². The molecule has 2 heteroatoms. The molecule has 2 N–H and O–H groups in total. The standard InChI is InChI=1S/C12H18ClN/c1-3-4-5-12(14)10-7-6-9(2)8-11(10)13/h6-8,12H,3-5,14H2,1-2H3. The molecule has 0 aliphatic carbocycles. The van der Waals surface area contributed by atoms with E-state index in [1.165, 1.54) is 12.0 Å². The zero-order valence-corrected chi connectivity index (χ0v) is 9.64. The van der Waals surface area contributed by atoms with Crippen molar-refractivity contribution in [3.05, 3.63) is 34.3 Å². The maximum atomic E-state index is 6.12. The van der Waals surface area contributed by atoms with Crippen molar-refractivity contribution in [1.29, 1.82) is 0 Å². The Morgan fingerprint density at radius 2 is 2.14 bits per heavy atom. The molecule has 0 spiro atoms. The van der Waals surface area contributed by atoms with Gasteiger partial charge in [0.1, 0.15) is 0 Å². The summed E-state index contributed by atoms with van der Waals surface area (Å²) in [5.74, 6) is 0. The third-order valence-corrected chi connectivity index (χ3v) is 2.75. The quantitative estimate of drug-likeness (QED) is 0.805. The highest BCUT2D eigenvalue weighted by molar-refractivity contribution is 6.31. The molecule has 0 aliphatic rings. The van der Waals surface area contributed by atoms with E-state index in [0.717, 1.165) is 23.4 Å². The number of halogens is 1. The molecule has 0 aliphatic heterocycles. The van der Waals surface area contributed by atoms with E-state index in [9.17, 15) is 0 Å². The molecule has 1 aromatic carbocycles. The summed E-state index contributed by atoms with van der Waals surface area (Å²) < 4.78 is 0. The van der Waals surface area contributed by atoms with Crippen LogP contribution in [0.3, 0.4) is 0 Å². The Hall–Kier alpha value is -0.530. The maximum Gasteiger partial charge on any atom is 0.0456 e. The molecule has 14 heavy (non-hydrogen) atoms. The second-order valence-corrected chi connectivity index (χ2v) is 4.18. The fourth-order valence-electron chi connectivity index (χ4n) is 1.51. The normalized spacial score (nSPS) is 12.9. The number of nitrogens with two attached hydrogens (primary N) is 1. The third kappa shape index (κ3) is 3.00. The molecular weight excluding hydrogens is 194 g/mol. The first-order chi connectivity index (χ1) is 6.65. The molecule has 0 saturated carbocycles. The van der Waals surface area contributed by atoms with Gasteiger partial charge < -0.3 is 5.73 Å². The van der Waals surface area contributed by atoms with E-state index >= 15 is 0 Å². The van der Waals surface area contributed by atoms with Gasteiger partial charge in [0.25, 0.3) is 0 Å². The first-order valence-corrected chi connectivity index (χ1v) is 5.54.